The lowest BCUT2D eigenvalue weighted by atomic mass is 9.65. The van der Waals surface area contributed by atoms with E-state index in [0.29, 0.717) is 25.8 Å². The van der Waals surface area contributed by atoms with Gasteiger partial charge in [0.25, 0.3) is 0 Å². The van der Waals surface area contributed by atoms with E-state index < -0.39 is 16.8 Å². The molecular weight excluding hydrogens is 234 g/mol. The average Bonchev–Trinajstić information content (AvgIpc) is 2.52. The SMILES string of the molecule is CC1(C(=O)O)CCC(C(=O)NCCCO)C1(C)C. The van der Waals surface area contributed by atoms with Crippen LogP contribution in [-0.4, -0.2) is 35.2 Å². The Kier molecular flexibility index (Phi) is 4.37. The van der Waals surface area contributed by atoms with Crippen molar-refractivity contribution in [3.05, 3.63) is 0 Å². The lowest BCUT2D eigenvalue weighted by Gasteiger charge is -2.37. The number of hydrogen-bond acceptors (Lipinski definition) is 3. The van der Waals surface area contributed by atoms with Gasteiger partial charge in [-0.25, -0.2) is 0 Å². The third-order valence-corrected chi connectivity index (χ3v) is 4.65. The molecule has 2 atom stereocenters. The Balaban J connectivity index is 2.75. The molecule has 0 aromatic carbocycles. The fourth-order valence-electron chi connectivity index (χ4n) is 2.76. The summed E-state index contributed by atoms with van der Waals surface area (Å²) in [5, 5.41) is 20.8. The van der Waals surface area contributed by atoms with Gasteiger partial charge in [-0.1, -0.05) is 13.8 Å². The van der Waals surface area contributed by atoms with Gasteiger partial charge in [0, 0.05) is 19.1 Å². The first-order chi connectivity index (χ1) is 8.27. The van der Waals surface area contributed by atoms with E-state index in [9.17, 15) is 14.7 Å². The van der Waals surface area contributed by atoms with E-state index in [-0.39, 0.29) is 18.4 Å². The first-order valence-electron chi connectivity index (χ1n) is 6.39. The Morgan fingerprint density at radius 1 is 1.33 bits per heavy atom. The second-order valence-electron chi connectivity index (χ2n) is 5.82. The summed E-state index contributed by atoms with van der Waals surface area (Å²) >= 11 is 0. The van der Waals surface area contributed by atoms with Crippen LogP contribution in [0.2, 0.25) is 0 Å². The molecule has 104 valence electrons. The Labute approximate surface area is 108 Å². The third kappa shape index (κ3) is 2.36. The van der Waals surface area contributed by atoms with Gasteiger partial charge < -0.3 is 15.5 Å². The fourth-order valence-corrected chi connectivity index (χ4v) is 2.76. The molecule has 18 heavy (non-hydrogen) atoms. The van der Waals surface area contributed by atoms with E-state index >= 15 is 0 Å². The molecule has 0 saturated heterocycles. The molecule has 1 aliphatic carbocycles. The van der Waals surface area contributed by atoms with Crippen LogP contribution in [0.25, 0.3) is 0 Å². The summed E-state index contributed by atoms with van der Waals surface area (Å²) in [5.74, 6) is -1.21. The summed E-state index contributed by atoms with van der Waals surface area (Å²) < 4.78 is 0. The summed E-state index contributed by atoms with van der Waals surface area (Å²) in [5.41, 5.74) is -1.42. The molecule has 5 heteroatoms. The molecule has 3 N–H and O–H groups in total. The zero-order chi connectivity index (χ0) is 14.0. The van der Waals surface area contributed by atoms with Crippen LogP contribution in [0.5, 0.6) is 0 Å². The van der Waals surface area contributed by atoms with Crippen LogP contribution in [-0.2, 0) is 9.59 Å². The monoisotopic (exact) mass is 257 g/mol. The minimum Gasteiger partial charge on any atom is -0.481 e. The van der Waals surface area contributed by atoms with Crippen molar-refractivity contribution >= 4 is 11.9 Å². The Hall–Kier alpha value is -1.10. The first kappa shape index (κ1) is 15.0. The number of carbonyl (C=O) groups is 2. The number of hydrogen-bond donors (Lipinski definition) is 3. The largest absolute Gasteiger partial charge is 0.481 e. The van der Waals surface area contributed by atoms with Crippen LogP contribution in [0.4, 0.5) is 0 Å². The normalized spacial score (nSPS) is 30.1. The van der Waals surface area contributed by atoms with Crippen molar-refractivity contribution in [1.82, 2.24) is 5.32 Å². The van der Waals surface area contributed by atoms with E-state index in [1.165, 1.54) is 0 Å². The zero-order valence-corrected chi connectivity index (χ0v) is 11.3. The second-order valence-corrected chi connectivity index (χ2v) is 5.82. The standard InChI is InChI=1S/C13H23NO4/c1-12(2)9(10(16)14-7-4-8-15)5-6-13(12,3)11(17)18/h9,15H,4-8H2,1-3H3,(H,14,16)(H,17,18). The molecule has 0 bridgehead atoms. The number of rotatable bonds is 5. The number of aliphatic hydroxyl groups excluding tert-OH is 1. The molecule has 0 heterocycles. The number of amides is 1. The van der Waals surface area contributed by atoms with Gasteiger partial charge in [-0.05, 0) is 31.6 Å². The number of carboxylic acids is 1. The predicted molar refractivity (Wildman–Crippen MR) is 67.0 cm³/mol. The first-order valence-corrected chi connectivity index (χ1v) is 6.39. The molecular formula is C13H23NO4. The summed E-state index contributed by atoms with van der Waals surface area (Å²) in [6, 6.07) is 0. The Morgan fingerprint density at radius 3 is 2.39 bits per heavy atom. The van der Waals surface area contributed by atoms with Crippen molar-refractivity contribution in [2.75, 3.05) is 13.2 Å². The summed E-state index contributed by atoms with van der Waals surface area (Å²) in [4.78, 5) is 23.5. The summed E-state index contributed by atoms with van der Waals surface area (Å²) in [6.45, 7) is 5.90. The van der Waals surface area contributed by atoms with Crippen LogP contribution in [0.1, 0.15) is 40.0 Å². The molecule has 1 amide bonds. The van der Waals surface area contributed by atoms with Gasteiger partial charge in [0.15, 0.2) is 0 Å². The number of nitrogens with one attached hydrogen (secondary N) is 1. The van der Waals surface area contributed by atoms with Crippen LogP contribution >= 0.6 is 0 Å². The maximum absolute atomic E-state index is 12.1. The molecule has 1 saturated carbocycles. The average molecular weight is 257 g/mol. The maximum atomic E-state index is 12.1. The van der Waals surface area contributed by atoms with Crippen LogP contribution in [0.15, 0.2) is 0 Å². The topological polar surface area (TPSA) is 86.6 Å². The van der Waals surface area contributed by atoms with E-state index in [1.54, 1.807) is 6.92 Å². The Morgan fingerprint density at radius 2 is 1.94 bits per heavy atom. The van der Waals surface area contributed by atoms with Gasteiger partial charge in [0.05, 0.1) is 5.41 Å². The van der Waals surface area contributed by atoms with E-state index in [0.717, 1.165) is 0 Å². The number of carboxylic acid groups (broad SMARTS) is 1. The maximum Gasteiger partial charge on any atom is 0.309 e. The lowest BCUT2D eigenvalue weighted by Crippen LogP contribution is -2.45. The predicted octanol–water partition coefficient (Wildman–Crippen LogP) is 1.01. The van der Waals surface area contributed by atoms with Crippen molar-refractivity contribution in [3.8, 4) is 0 Å². The molecule has 0 radical (unpaired) electrons. The highest BCUT2D eigenvalue weighted by Crippen LogP contribution is 2.56. The molecule has 1 aliphatic rings. The van der Waals surface area contributed by atoms with Crippen molar-refractivity contribution in [2.45, 2.75) is 40.0 Å². The minimum absolute atomic E-state index is 0.0428. The van der Waals surface area contributed by atoms with Crippen molar-refractivity contribution in [2.24, 2.45) is 16.7 Å². The van der Waals surface area contributed by atoms with Crippen molar-refractivity contribution in [3.63, 3.8) is 0 Å². The molecule has 0 spiro atoms. The summed E-state index contributed by atoms with van der Waals surface area (Å²) in [7, 11) is 0. The van der Waals surface area contributed by atoms with Gasteiger partial charge in [-0.2, -0.15) is 0 Å². The highest BCUT2D eigenvalue weighted by atomic mass is 16.4. The van der Waals surface area contributed by atoms with Gasteiger partial charge in [-0.3, -0.25) is 9.59 Å². The van der Waals surface area contributed by atoms with Gasteiger partial charge in [0.2, 0.25) is 5.91 Å². The van der Waals surface area contributed by atoms with Gasteiger partial charge in [-0.15, -0.1) is 0 Å². The summed E-state index contributed by atoms with van der Waals surface area (Å²) in [6.07, 6.45) is 1.64. The molecule has 0 aromatic rings. The number of aliphatic hydroxyl groups is 1. The molecule has 1 rings (SSSR count). The van der Waals surface area contributed by atoms with Crippen LogP contribution in [0.3, 0.4) is 0 Å². The lowest BCUT2D eigenvalue weighted by molar-refractivity contribution is -0.155. The molecule has 5 nitrogen and oxygen atoms in total. The second kappa shape index (κ2) is 5.26. The quantitative estimate of drug-likeness (QED) is 0.642. The molecule has 1 fully saturated rings. The number of aliphatic carboxylic acids is 1. The van der Waals surface area contributed by atoms with Crippen molar-refractivity contribution < 1.29 is 19.8 Å². The van der Waals surface area contributed by atoms with Gasteiger partial charge in [0.1, 0.15) is 0 Å². The van der Waals surface area contributed by atoms with Crippen LogP contribution < -0.4 is 5.32 Å². The van der Waals surface area contributed by atoms with E-state index in [2.05, 4.69) is 5.32 Å². The van der Waals surface area contributed by atoms with Crippen LogP contribution in [0, 0.1) is 16.7 Å². The van der Waals surface area contributed by atoms with Crippen molar-refractivity contribution in [1.29, 1.82) is 0 Å². The third-order valence-electron chi connectivity index (χ3n) is 4.65. The fraction of sp³-hybridized carbons (Fsp3) is 0.846. The molecule has 2 unspecified atom stereocenters. The minimum atomic E-state index is -0.855. The van der Waals surface area contributed by atoms with Gasteiger partial charge >= 0.3 is 5.97 Å². The van der Waals surface area contributed by atoms with E-state index in [4.69, 9.17) is 5.11 Å². The molecule has 0 aromatic heterocycles. The van der Waals surface area contributed by atoms with E-state index in [1.807, 2.05) is 13.8 Å². The molecule has 0 aliphatic heterocycles. The highest BCUT2D eigenvalue weighted by molar-refractivity contribution is 5.83. The highest BCUT2D eigenvalue weighted by Gasteiger charge is 2.58. The number of carbonyl (C=O) groups excluding carboxylic acids is 1. The Bertz CT molecular complexity index is 340. The zero-order valence-electron chi connectivity index (χ0n) is 11.3. The smallest absolute Gasteiger partial charge is 0.309 e.